The van der Waals surface area contributed by atoms with E-state index in [0.717, 1.165) is 9.78 Å². The Morgan fingerprint density at radius 1 is 1.21 bits per heavy atom. The zero-order valence-corrected chi connectivity index (χ0v) is 16.7. The van der Waals surface area contributed by atoms with Crippen LogP contribution < -0.4 is 4.90 Å². The molecule has 1 aromatic carbocycles. The van der Waals surface area contributed by atoms with Gasteiger partial charge in [-0.15, -0.1) is 11.3 Å². The summed E-state index contributed by atoms with van der Waals surface area (Å²) in [6.45, 7) is 2.03. The Morgan fingerprint density at radius 3 is 2.83 bits per heavy atom. The largest absolute Gasteiger partial charge is 0.440 e. The summed E-state index contributed by atoms with van der Waals surface area (Å²) in [6.07, 6.45) is 0. The number of oxazole rings is 1. The van der Waals surface area contributed by atoms with Crippen molar-refractivity contribution >= 4 is 40.4 Å². The van der Waals surface area contributed by atoms with Gasteiger partial charge in [0, 0.05) is 5.02 Å². The summed E-state index contributed by atoms with van der Waals surface area (Å²) < 4.78 is 5.76. The molecule has 0 N–H and O–H groups in total. The second-order valence-corrected chi connectivity index (χ2v) is 8.07. The number of hydrogen-bond acceptors (Lipinski definition) is 8. The number of rotatable bonds is 4. The van der Waals surface area contributed by atoms with Crippen molar-refractivity contribution in [3.63, 3.8) is 0 Å². The van der Waals surface area contributed by atoms with Gasteiger partial charge in [0.15, 0.2) is 12.1 Å². The molecule has 10 heteroatoms. The lowest BCUT2D eigenvalue weighted by Crippen LogP contribution is -2.39. The Kier molecular flexibility index (Phi) is 4.21. The summed E-state index contributed by atoms with van der Waals surface area (Å²) in [4.78, 5) is 32.4. The van der Waals surface area contributed by atoms with Gasteiger partial charge in [0.2, 0.25) is 5.89 Å². The average Bonchev–Trinajstić information content (AvgIpc) is 3.45. The molecular formula is C19H14ClN5O3S. The van der Waals surface area contributed by atoms with E-state index in [2.05, 4.69) is 15.3 Å². The van der Waals surface area contributed by atoms with Crippen molar-refractivity contribution in [3.8, 4) is 10.8 Å². The molecule has 4 heterocycles. The van der Waals surface area contributed by atoms with E-state index in [0.29, 0.717) is 28.1 Å². The summed E-state index contributed by atoms with van der Waals surface area (Å²) in [7, 11) is 0. The number of anilines is 1. The third-order valence-corrected chi connectivity index (χ3v) is 5.95. The van der Waals surface area contributed by atoms with Crippen LogP contribution in [-0.4, -0.2) is 33.9 Å². The molecule has 3 aromatic rings. The van der Waals surface area contributed by atoms with Gasteiger partial charge in [-0.3, -0.25) is 14.6 Å². The van der Waals surface area contributed by atoms with E-state index >= 15 is 0 Å². The lowest BCUT2D eigenvalue weighted by Gasteiger charge is -2.20. The number of halogens is 1. The molecule has 1 fully saturated rings. The number of aromatic nitrogens is 1. The van der Waals surface area contributed by atoms with E-state index in [4.69, 9.17) is 16.0 Å². The predicted molar refractivity (Wildman–Crippen MR) is 106 cm³/mol. The molecule has 0 spiro atoms. The van der Waals surface area contributed by atoms with Crippen LogP contribution in [0.4, 0.5) is 5.69 Å². The minimum Gasteiger partial charge on any atom is -0.440 e. The molecule has 2 aliphatic heterocycles. The molecule has 8 nitrogen and oxygen atoms in total. The molecule has 29 heavy (non-hydrogen) atoms. The molecule has 0 saturated carbocycles. The summed E-state index contributed by atoms with van der Waals surface area (Å²) in [6, 6.07) is 8.79. The Bertz CT molecular complexity index is 1140. The van der Waals surface area contributed by atoms with Crippen LogP contribution in [0.2, 0.25) is 5.02 Å². The highest BCUT2D eigenvalue weighted by atomic mass is 35.5. The number of imide groups is 1. The smallest absolute Gasteiger partial charge is 0.263 e. The molecule has 0 bridgehead atoms. The Hall–Kier alpha value is -3.04. The zero-order valence-electron chi connectivity index (χ0n) is 15.2. The molecule has 0 radical (unpaired) electrons. The third kappa shape index (κ3) is 2.93. The topological polar surface area (TPSA) is 91.4 Å². The number of thiophene rings is 1. The van der Waals surface area contributed by atoms with Crippen LogP contribution in [0.25, 0.3) is 10.8 Å². The second-order valence-electron chi connectivity index (χ2n) is 6.68. The standard InChI is InChI=1S/C19H14ClN5O3S/c1-10-13(21-17(28-10)14-6-3-7-29-14)9-24-16-15(22-23-24)18(26)25(19(16)27)12-5-2-4-11(20)8-12/h2-8,15-16H,9H2,1H3/t15-,16+/m0/s1. The first-order chi connectivity index (χ1) is 14.0. The lowest BCUT2D eigenvalue weighted by molar-refractivity contribution is -0.123. The van der Waals surface area contributed by atoms with Crippen molar-refractivity contribution in [3.05, 3.63) is 58.3 Å². The number of carbonyl (C=O) groups is 2. The highest BCUT2D eigenvalue weighted by molar-refractivity contribution is 7.13. The van der Waals surface area contributed by atoms with E-state index < -0.39 is 18.0 Å². The average molecular weight is 428 g/mol. The molecule has 146 valence electrons. The van der Waals surface area contributed by atoms with Gasteiger partial charge < -0.3 is 4.42 Å². The van der Waals surface area contributed by atoms with Gasteiger partial charge in [-0.05, 0) is 36.6 Å². The van der Waals surface area contributed by atoms with Gasteiger partial charge in [0.1, 0.15) is 11.5 Å². The third-order valence-electron chi connectivity index (χ3n) is 4.86. The number of fused-ring (bicyclic) bond motifs is 1. The van der Waals surface area contributed by atoms with Crippen molar-refractivity contribution in [2.75, 3.05) is 4.90 Å². The summed E-state index contributed by atoms with van der Waals surface area (Å²) >= 11 is 7.55. The van der Waals surface area contributed by atoms with Crippen LogP contribution in [0.5, 0.6) is 0 Å². The molecule has 2 aliphatic rings. The monoisotopic (exact) mass is 427 g/mol. The highest BCUT2D eigenvalue weighted by Crippen LogP contribution is 2.34. The molecule has 5 rings (SSSR count). The normalized spacial score (nSPS) is 20.8. The number of carbonyl (C=O) groups excluding carboxylic acids is 2. The van der Waals surface area contributed by atoms with Crippen LogP contribution in [0, 0.1) is 6.92 Å². The Labute approximate surface area is 174 Å². The van der Waals surface area contributed by atoms with Crippen molar-refractivity contribution in [1.29, 1.82) is 0 Å². The first-order valence-electron chi connectivity index (χ1n) is 8.84. The Morgan fingerprint density at radius 2 is 2.07 bits per heavy atom. The fourth-order valence-corrected chi connectivity index (χ4v) is 4.29. The number of hydrogen-bond donors (Lipinski definition) is 0. The fourth-order valence-electron chi connectivity index (χ4n) is 3.46. The highest BCUT2D eigenvalue weighted by Gasteiger charge is 2.54. The van der Waals surface area contributed by atoms with Gasteiger partial charge in [0.25, 0.3) is 11.8 Å². The fraction of sp³-hybridized carbons (Fsp3) is 0.211. The minimum absolute atomic E-state index is 0.216. The number of benzene rings is 1. The van der Waals surface area contributed by atoms with E-state index in [9.17, 15) is 9.59 Å². The maximum Gasteiger partial charge on any atom is 0.263 e. The van der Waals surface area contributed by atoms with Gasteiger partial charge in [-0.25, -0.2) is 9.88 Å². The van der Waals surface area contributed by atoms with Crippen LogP contribution in [0.15, 0.2) is 56.5 Å². The number of nitrogens with zero attached hydrogens (tertiary/aromatic N) is 5. The van der Waals surface area contributed by atoms with E-state index in [1.54, 1.807) is 24.3 Å². The Balaban J connectivity index is 1.41. The van der Waals surface area contributed by atoms with Gasteiger partial charge in [-0.2, -0.15) is 5.11 Å². The summed E-state index contributed by atoms with van der Waals surface area (Å²) in [5.74, 6) is 0.363. The minimum atomic E-state index is -0.870. The van der Waals surface area contributed by atoms with Crippen LogP contribution in [0.3, 0.4) is 0 Å². The summed E-state index contributed by atoms with van der Waals surface area (Å²) in [5.41, 5.74) is 1.07. The predicted octanol–water partition coefficient (Wildman–Crippen LogP) is 3.86. The SMILES string of the molecule is Cc1oc(-c2cccs2)nc1CN1N=N[C@@H]2C(=O)N(c3cccc(Cl)c3)C(=O)[C@@H]21. The molecule has 0 unspecified atom stereocenters. The van der Waals surface area contributed by atoms with Gasteiger partial charge in [-0.1, -0.05) is 29.0 Å². The maximum atomic E-state index is 13.0. The summed E-state index contributed by atoms with van der Waals surface area (Å²) in [5, 5.41) is 12.0. The van der Waals surface area contributed by atoms with E-state index in [-0.39, 0.29) is 12.5 Å². The van der Waals surface area contributed by atoms with Crippen molar-refractivity contribution in [2.24, 2.45) is 10.3 Å². The molecule has 2 amide bonds. The first kappa shape index (κ1) is 18.0. The van der Waals surface area contributed by atoms with Gasteiger partial charge >= 0.3 is 0 Å². The number of amides is 2. The molecule has 2 atom stereocenters. The maximum absolute atomic E-state index is 13.0. The van der Waals surface area contributed by atoms with Crippen molar-refractivity contribution in [2.45, 2.75) is 25.6 Å². The molecular weight excluding hydrogens is 414 g/mol. The second kappa shape index (κ2) is 6.78. The zero-order chi connectivity index (χ0) is 20.1. The van der Waals surface area contributed by atoms with Crippen molar-refractivity contribution in [1.82, 2.24) is 9.99 Å². The van der Waals surface area contributed by atoms with Crippen molar-refractivity contribution < 1.29 is 14.0 Å². The molecule has 2 aromatic heterocycles. The lowest BCUT2D eigenvalue weighted by atomic mass is 10.1. The van der Waals surface area contributed by atoms with E-state index in [1.165, 1.54) is 16.3 Å². The van der Waals surface area contributed by atoms with Crippen LogP contribution >= 0.6 is 22.9 Å². The molecule has 0 aliphatic carbocycles. The van der Waals surface area contributed by atoms with E-state index in [1.807, 2.05) is 24.4 Å². The number of aryl methyl sites for hydroxylation is 1. The van der Waals surface area contributed by atoms with Crippen LogP contribution in [-0.2, 0) is 16.1 Å². The quantitative estimate of drug-likeness (QED) is 0.589. The van der Waals surface area contributed by atoms with Crippen LogP contribution in [0.1, 0.15) is 11.5 Å². The first-order valence-corrected chi connectivity index (χ1v) is 10.1. The van der Waals surface area contributed by atoms with Gasteiger partial charge in [0.05, 0.1) is 17.1 Å². The molecule has 1 saturated heterocycles.